The molecule has 0 bridgehead atoms. The third-order valence-electron chi connectivity index (χ3n) is 3.84. The molecular weight excluding hydrogens is 376 g/mol. The predicted octanol–water partition coefficient (Wildman–Crippen LogP) is 2.95. The van der Waals surface area contributed by atoms with Gasteiger partial charge in [-0.05, 0) is 18.2 Å². The summed E-state index contributed by atoms with van der Waals surface area (Å²) in [5.74, 6) is -1.10. The monoisotopic (exact) mass is 388 g/mol. The molecule has 0 spiro atoms. The van der Waals surface area contributed by atoms with Gasteiger partial charge in [0, 0.05) is 28.5 Å². The summed E-state index contributed by atoms with van der Waals surface area (Å²) in [5, 5.41) is 23.8. The molecule has 0 unspecified atom stereocenters. The van der Waals surface area contributed by atoms with Crippen LogP contribution in [0.4, 0.5) is 11.4 Å². The summed E-state index contributed by atoms with van der Waals surface area (Å²) in [6.45, 7) is 0. The number of benzene rings is 3. The van der Waals surface area contributed by atoms with E-state index in [1.54, 1.807) is 0 Å². The Bertz CT molecular complexity index is 1190. The average Bonchev–Trinajstić information content (AvgIpc) is 2.63. The fourth-order valence-corrected chi connectivity index (χ4v) is 3.30. The van der Waals surface area contributed by atoms with Crippen molar-refractivity contribution in [3.8, 4) is 5.75 Å². The molecule has 0 fully saturated rings. The maximum absolute atomic E-state index is 12.3. The average molecular weight is 388 g/mol. The number of hydrogen-bond donors (Lipinski definition) is 3. The molecule has 27 heavy (non-hydrogen) atoms. The first-order valence-electron chi connectivity index (χ1n) is 7.46. The first kappa shape index (κ1) is 18.3. The lowest BCUT2D eigenvalue weighted by Crippen LogP contribution is -2.12. The van der Waals surface area contributed by atoms with Crippen LogP contribution in [-0.2, 0) is 10.1 Å². The largest absolute Gasteiger partial charge is 0.505 e. The molecule has 3 rings (SSSR count). The normalized spacial score (nSPS) is 11.3. The molecule has 0 aliphatic carbocycles. The molecule has 138 valence electrons. The Kier molecular flexibility index (Phi) is 4.52. The van der Waals surface area contributed by atoms with E-state index >= 15 is 0 Å². The number of hydrogen-bond acceptors (Lipinski definition) is 6. The molecule has 3 aromatic rings. The molecule has 0 saturated heterocycles. The van der Waals surface area contributed by atoms with Gasteiger partial charge in [0.2, 0.25) is 0 Å². The summed E-state index contributed by atoms with van der Waals surface area (Å²) < 4.78 is 32.2. The van der Waals surface area contributed by atoms with Gasteiger partial charge in [-0.2, -0.15) is 8.42 Å². The maximum Gasteiger partial charge on any atom is 0.295 e. The lowest BCUT2D eigenvalue weighted by Gasteiger charge is -2.11. The second-order valence-corrected chi connectivity index (χ2v) is 6.94. The van der Waals surface area contributed by atoms with Crippen LogP contribution in [0.5, 0.6) is 5.75 Å². The second-order valence-electron chi connectivity index (χ2n) is 5.55. The number of nitrogens with one attached hydrogen (secondary N) is 1. The van der Waals surface area contributed by atoms with Crippen LogP contribution in [0.25, 0.3) is 10.8 Å². The van der Waals surface area contributed by atoms with E-state index in [4.69, 9.17) is 0 Å². The van der Waals surface area contributed by atoms with Crippen LogP contribution in [0.15, 0.2) is 59.5 Å². The number of carbonyl (C=O) groups is 1. The fraction of sp³-hybridized carbons (Fsp3) is 0. The fourth-order valence-electron chi connectivity index (χ4n) is 2.59. The second kappa shape index (κ2) is 6.67. The molecule has 3 aromatic carbocycles. The van der Waals surface area contributed by atoms with E-state index in [9.17, 15) is 33.0 Å². The number of fused-ring (bicyclic) bond motifs is 1. The molecule has 0 aliphatic heterocycles. The minimum absolute atomic E-state index is 0.00961. The summed E-state index contributed by atoms with van der Waals surface area (Å²) in [4.78, 5) is 22.1. The summed E-state index contributed by atoms with van der Waals surface area (Å²) in [7, 11) is -4.50. The molecule has 0 atom stereocenters. The Morgan fingerprint density at radius 3 is 2.41 bits per heavy atom. The number of nitro groups is 1. The molecule has 10 heteroatoms. The Labute approximate surface area is 152 Å². The van der Waals surface area contributed by atoms with Crippen LogP contribution in [-0.4, -0.2) is 28.9 Å². The van der Waals surface area contributed by atoms with Crippen molar-refractivity contribution >= 4 is 38.2 Å². The van der Waals surface area contributed by atoms with Gasteiger partial charge in [0.1, 0.15) is 10.6 Å². The molecule has 0 aliphatic rings. The van der Waals surface area contributed by atoms with Crippen molar-refractivity contribution in [2.24, 2.45) is 0 Å². The number of anilines is 1. The molecule has 0 saturated carbocycles. The molecule has 1 amide bonds. The van der Waals surface area contributed by atoms with Crippen molar-refractivity contribution in [1.82, 2.24) is 0 Å². The first-order chi connectivity index (χ1) is 12.7. The van der Waals surface area contributed by atoms with Crippen molar-refractivity contribution in [3.63, 3.8) is 0 Å². The highest BCUT2D eigenvalue weighted by Crippen LogP contribution is 2.35. The van der Waals surface area contributed by atoms with Gasteiger partial charge in [-0.3, -0.25) is 19.5 Å². The zero-order valence-corrected chi connectivity index (χ0v) is 14.3. The van der Waals surface area contributed by atoms with E-state index in [2.05, 4.69) is 5.32 Å². The topological polar surface area (TPSA) is 147 Å². The summed E-state index contributed by atoms with van der Waals surface area (Å²) in [5.41, 5.74) is -0.273. The quantitative estimate of drug-likeness (QED) is 0.269. The Morgan fingerprint density at radius 2 is 1.74 bits per heavy atom. The van der Waals surface area contributed by atoms with E-state index in [-0.39, 0.29) is 32.6 Å². The number of aromatic hydroxyl groups is 1. The highest BCUT2D eigenvalue weighted by molar-refractivity contribution is 7.86. The minimum Gasteiger partial charge on any atom is -0.505 e. The van der Waals surface area contributed by atoms with Crippen LogP contribution in [0.1, 0.15) is 10.4 Å². The van der Waals surface area contributed by atoms with Gasteiger partial charge in [0.25, 0.3) is 21.7 Å². The highest BCUT2D eigenvalue weighted by Gasteiger charge is 2.18. The zero-order valence-electron chi connectivity index (χ0n) is 13.5. The Morgan fingerprint density at radius 1 is 1.04 bits per heavy atom. The predicted molar refractivity (Wildman–Crippen MR) is 96.5 cm³/mol. The maximum atomic E-state index is 12.3. The van der Waals surface area contributed by atoms with Gasteiger partial charge < -0.3 is 10.4 Å². The lowest BCUT2D eigenvalue weighted by molar-refractivity contribution is -0.384. The first-order valence-corrected chi connectivity index (χ1v) is 8.90. The number of amides is 1. The van der Waals surface area contributed by atoms with Gasteiger partial charge in [-0.15, -0.1) is 0 Å². The molecule has 3 N–H and O–H groups in total. The number of nitrogens with zero attached hydrogens (tertiary/aromatic N) is 1. The van der Waals surface area contributed by atoms with Gasteiger partial charge in [-0.25, -0.2) is 0 Å². The van der Waals surface area contributed by atoms with E-state index < -0.39 is 26.7 Å². The molecule has 0 heterocycles. The molecule has 9 nitrogen and oxygen atoms in total. The Balaban J connectivity index is 2.01. The number of carbonyl (C=O) groups excluding carboxylic acids is 1. The third kappa shape index (κ3) is 3.57. The van der Waals surface area contributed by atoms with Crippen molar-refractivity contribution in [2.75, 3.05) is 5.32 Å². The SMILES string of the molecule is O=C(Nc1ccc2c(S(=O)(=O)O)cccc2c1O)c1cccc([N+](=O)[O-])c1. The Hall–Kier alpha value is -3.50. The molecule has 0 radical (unpaired) electrons. The molecular formula is C17H12N2O7S. The van der Waals surface area contributed by atoms with Crippen LogP contribution in [0.2, 0.25) is 0 Å². The van der Waals surface area contributed by atoms with Crippen molar-refractivity contribution < 1.29 is 27.8 Å². The van der Waals surface area contributed by atoms with E-state index in [1.807, 2.05) is 0 Å². The molecule has 0 aromatic heterocycles. The zero-order chi connectivity index (χ0) is 19.8. The highest BCUT2D eigenvalue weighted by atomic mass is 32.2. The van der Waals surface area contributed by atoms with Gasteiger partial charge in [0.05, 0.1) is 10.6 Å². The minimum atomic E-state index is -4.50. The summed E-state index contributed by atoms with van der Waals surface area (Å²) >= 11 is 0. The van der Waals surface area contributed by atoms with Crippen molar-refractivity contribution in [3.05, 3.63) is 70.3 Å². The number of nitro benzene ring substituents is 1. The number of rotatable bonds is 4. The van der Waals surface area contributed by atoms with Crippen LogP contribution in [0.3, 0.4) is 0 Å². The summed E-state index contributed by atoms with van der Waals surface area (Å²) in [6, 6.07) is 11.6. The van der Waals surface area contributed by atoms with Gasteiger partial charge >= 0.3 is 0 Å². The van der Waals surface area contributed by atoms with Crippen LogP contribution < -0.4 is 5.32 Å². The van der Waals surface area contributed by atoms with E-state index in [0.29, 0.717) is 0 Å². The van der Waals surface area contributed by atoms with Crippen molar-refractivity contribution in [2.45, 2.75) is 4.90 Å². The number of non-ortho nitro benzene ring substituents is 1. The third-order valence-corrected chi connectivity index (χ3v) is 4.75. The van der Waals surface area contributed by atoms with E-state index in [0.717, 1.165) is 6.07 Å². The standard InChI is InChI=1S/C17H12N2O7S/c20-16-13-5-2-6-15(27(24,25)26)12(13)7-8-14(16)18-17(21)10-3-1-4-11(9-10)19(22)23/h1-9,20H,(H,18,21)(H,24,25,26). The van der Waals surface area contributed by atoms with Crippen LogP contribution >= 0.6 is 0 Å². The number of phenolic OH excluding ortho intramolecular Hbond substituents is 1. The van der Waals surface area contributed by atoms with Gasteiger partial charge in [-0.1, -0.05) is 24.3 Å². The van der Waals surface area contributed by atoms with Gasteiger partial charge in [0.15, 0.2) is 0 Å². The van der Waals surface area contributed by atoms with Crippen molar-refractivity contribution in [1.29, 1.82) is 0 Å². The summed E-state index contributed by atoms with van der Waals surface area (Å²) in [6.07, 6.45) is 0. The number of phenols is 1. The smallest absolute Gasteiger partial charge is 0.295 e. The van der Waals surface area contributed by atoms with E-state index in [1.165, 1.54) is 48.5 Å². The van der Waals surface area contributed by atoms with Crippen LogP contribution in [0, 0.1) is 10.1 Å². The lowest BCUT2D eigenvalue weighted by atomic mass is 10.1.